The molecule has 1 aromatic carbocycles. The van der Waals surface area contributed by atoms with Crippen LogP contribution < -0.4 is 5.73 Å². The van der Waals surface area contributed by atoms with Gasteiger partial charge in [0.25, 0.3) is 10.0 Å². The second-order valence-corrected chi connectivity index (χ2v) is 8.37. The van der Waals surface area contributed by atoms with Gasteiger partial charge in [0.1, 0.15) is 4.21 Å². The van der Waals surface area contributed by atoms with E-state index in [4.69, 9.17) is 17.3 Å². The molecular weight excluding hydrogens is 328 g/mol. The fraction of sp³-hybridized carbons (Fsp3) is 0.286. The molecule has 4 nitrogen and oxygen atoms in total. The molecule has 0 unspecified atom stereocenters. The zero-order valence-electron chi connectivity index (χ0n) is 11.4. The molecule has 0 saturated heterocycles. The molecule has 0 radical (unpaired) electrons. The average Bonchev–Trinajstić information content (AvgIpc) is 2.92. The van der Waals surface area contributed by atoms with Crippen LogP contribution in [0.2, 0.25) is 4.34 Å². The zero-order chi connectivity index (χ0) is 15.3. The molecule has 1 aromatic heterocycles. The Bertz CT molecular complexity index is 671. The van der Waals surface area contributed by atoms with Crippen LogP contribution >= 0.6 is 22.9 Å². The number of benzene rings is 1. The molecule has 0 aliphatic heterocycles. The van der Waals surface area contributed by atoms with Gasteiger partial charge in [-0.25, -0.2) is 8.42 Å². The Labute approximate surface area is 134 Å². The van der Waals surface area contributed by atoms with Gasteiger partial charge in [-0.3, -0.25) is 0 Å². The SMILES string of the molecule is NCCN(CCc1ccccc1)S(=O)(=O)c1ccc(Cl)s1. The molecule has 0 spiro atoms. The van der Waals surface area contributed by atoms with Crippen molar-refractivity contribution in [2.45, 2.75) is 10.6 Å². The molecule has 1 heterocycles. The normalized spacial score (nSPS) is 12.0. The smallest absolute Gasteiger partial charge is 0.252 e. The van der Waals surface area contributed by atoms with Crippen molar-refractivity contribution in [3.63, 3.8) is 0 Å². The first-order valence-electron chi connectivity index (χ1n) is 6.53. The number of hydrogen-bond acceptors (Lipinski definition) is 4. The first-order valence-corrected chi connectivity index (χ1v) is 9.17. The molecule has 0 fully saturated rings. The molecule has 7 heteroatoms. The van der Waals surface area contributed by atoms with E-state index in [2.05, 4.69) is 0 Å². The van der Waals surface area contributed by atoms with Crippen molar-refractivity contribution >= 4 is 33.0 Å². The molecule has 0 atom stereocenters. The summed E-state index contributed by atoms with van der Waals surface area (Å²) in [4.78, 5) is 0. The van der Waals surface area contributed by atoms with Gasteiger partial charge in [0, 0.05) is 19.6 Å². The zero-order valence-corrected chi connectivity index (χ0v) is 13.8. The fourth-order valence-corrected chi connectivity index (χ4v) is 5.05. The highest BCUT2D eigenvalue weighted by atomic mass is 35.5. The highest BCUT2D eigenvalue weighted by Crippen LogP contribution is 2.28. The Hall–Kier alpha value is -0.920. The van der Waals surface area contributed by atoms with Crippen LogP contribution in [0.3, 0.4) is 0 Å². The third kappa shape index (κ3) is 4.28. The monoisotopic (exact) mass is 344 g/mol. The van der Waals surface area contributed by atoms with Crippen molar-refractivity contribution in [1.29, 1.82) is 0 Å². The molecule has 21 heavy (non-hydrogen) atoms. The Morgan fingerprint density at radius 1 is 1.10 bits per heavy atom. The van der Waals surface area contributed by atoms with E-state index in [9.17, 15) is 8.42 Å². The van der Waals surface area contributed by atoms with Crippen LogP contribution in [0.4, 0.5) is 0 Å². The third-order valence-corrected chi connectivity index (χ3v) is 6.61. The Kier molecular flexibility index (Phi) is 5.78. The summed E-state index contributed by atoms with van der Waals surface area (Å²) in [6, 6.07) is 12.9. The van der Waals surface area contributed by atoms with Gasteiger partial charge in [-0.15, -0.1) is 11.3 Å². The van der Waals surface area contributed by atoms with Crippen LogP contribution in [-0.2, 0) is 16.4 Å². The van der Waals surface area contributed by atoms with Gasteiger partial charge >= 0.3 is 0 Å². The van der Waals surface area contributed by atoms with Crippen molar-refractivity contribution in [3.8, 4) is 0 Å². The summed E-state index contributed by atoms with van der Waals surface area (Å²) in [5.41, 5.74) is 6.65. The lowest BCUT2D eigenvalue weighted by Crippen LogP contribution is -2.36. The van der Waals surface area contributed by atoms with Crippen molar-refractivity contribution in [3.05, 3.63) is 52.4 Å². The Morgan fingerprint density at radius 2 is 1.81 bits per heavy atom. The van der Waals surface area contributed by atoms with Crippen LogP contribution in [0.5, 0.6) is 0 Å². The third-order valence-electron chi connectivity index (χ3n) is 3.01. The minimum atomic E-state index is -3.53. The standard InChI is InChI=1S/C14H17ClN2O2S2/c15-13-6-7-14(20-13)21(18,19)17(11-9-16)10-8-12-4-2-1-3-5-12/h1-7H,8-11,16H2. The fourth-order valence-electron chi connectivity index (χ4n) is 1.96. The molecule has 2 aromatic rings. The molecule has 0 bridgehead atoms. The first-order chi connectivity index (χ1) is 10.0. The number of hydrogen-bond donors (Lipinski definition) is 1. The lowest BCUT2D eigenvalue weighted by Gasteiger charge is -2.20. The van der Waals surface area contributed by atoms with E-state index in [1.165, 1.54) is 10.4 Å². The van der Waals surface area contributed by atoms with E-state index in [0.29, 0.717) is 23.8 Å². The second kappa shape index (κ2) is 7.38. The van der Waals surface area contributed by atoms with Crippen molar-refractivity contribution in [1.82, 2.24) is 4.31 Å². The molecule has 0 saturated carbocycles. The summed E-state index contributed by atoms with van der Waals surface area (Å²) in [5, 5.41) is 0. The number of rotatable bonds is 7. The van der Waals surface area contributed by atoms with Crippen LogP contribution in [-0.4, -0.2) is 32.4 Å². The Morgan fingerprint density at radius 3 is 2.38 bits per heavy atom. The largest absolute Gasteiger partial charge is 0.329 e. The maximum Gasteiger partial charge on any atom is 0.252 e. The predicted octanol–water partition coefficient (Wildman–Crippen LogP) is 2.59. The lowest BCUT2D eigenvalue weighted by atomic mass is 10.1. The molecule has 2 N–H and O–H groups in total. The topological polar surface area (TPSA) is 63.4 Å². The average molecular weight is 345 g/mol. The molecule has 114 valence electrons. The highest BCUT2D eigenvalue weighted by molar-refractivity contribution is 7.91. The van der Waals surface area contributed by atoms with E-state index >= 15 is 0 Å². The van der Waals surface area contributed by atoms with Crippen LogP contribution in [0.25, 0.3) is 0 Å². The van der Waals surface area contributed by atoms with E-state index in [-0.39, 0.29) is 10.8 Å². The van der Waals surface area contributed by atoms with Gasteiger partial charge in [0.2, 0.25) is 0 Å². The van der Waals surface area contributed by atoms with Crippen LogP contribution in [0.1, 0.15) is 5.56 Å². The maximum atomic E-state index is 12.6. The lowest BCUT2D eigenvalue weighted by molar-refractivity contribution is 0.423. The second-order valence-electron chi connectivity index (χ2n) is 4.49. The highest BCUT2D eigenvalue weighted by Gasteiger charge is 2.25. The minimum absolute atomic E-state index is 0.258. The summed E-state index contributed by atoms with van der Waals surface area (Å²) in [5.74, 6) is 0. The molecule has 0 aliphatic rings. The number of sulfonamides is 1. The molecular formula is C14H17ClN2O2S2. The van der Waals surface area contributed by atoms with Gasteiger partial charge in [-0.1, -0.05) is 41.9 Å². The van der Waals surface area contributed by atoms with Gasteiger partial charge < -0.3 is 5.73 Å². The van der Waals surface area contributed by atoms with E-state index in [1.807, 2.05) is 30.3 Å². The van der Waals surface area contributed by atoms with E-state index < -0.39 is 10.0 Å². The number of nitrogens with zero attached hydrogens (tertiary/aromatic N) is 1. The van der Waals surface area contributed by atoms with Crippen molar-refractivity contribution in [2.75, 3.05) is 19.6 Å². The van der Waals surface area contributed by atoms with Gasteiger partial charge in [0.15, 0.2) is 0 Å². The van der Waals surface area contributed by atoms with Crippen LogP contribution in [0, 0.1) is 0 Å². The van der Waals surface area contributed by atoms with Crippen LogP contribution in [0.15, 0.2) is 46.7 Å². The summed E-state index contributed by atoms with van der Waals surface area (Å²) in [7, 11) is -3.53. The maximum absolute atomic E-state index is 12.6. The molecule has 2 rings (SSSR count). The van der Waals surface area contributed by atoms with E-state index in [0.717, 1.165) is 16.9 Å². The summed E-state index contributed by atoms with van der Waals surface area (Å²) in [6.07, 6.45) is 0.652. The van der Waals surface area contributed by atoms with Crippen molar-refractivity contribution < 1.29 is 8.42 Å². The molecule has 0 amide bonds. The molecule has 0 aliphatic carbocycles. The number of thiophene rings is 1. The predicted molar refractivity (Wildman–Crippen MR) is 87.3 cm³/mol. The first kappa shape index (κ1) is 16.5. The summed E-state index contributed by atoms with van der Waals surface area (Å²) < 4.78 is 27.3. The number of halogens is 1. The van der Waals surface area contributed by atoms with Crippen molar-refractivity contribution in [2.24, 2.45) is 5.73 Å². The van der Waals surface area contributed by atoms with Gasteiger partial charge in [-0.05, 0) is 24.1 Å². The quantitative estimate of drug-likeness (QED) is 0.839. The van der Waals surface area contributed by atoms with Gasteiger partial charge in [0.05, 0.1) is 4.34 Å². The summed E-state index contributed by atoms with van der Waals surface area (Å²) in [6.45, 7) is 0.983. The van der Waals surface area contributed by atoms with Gasteiger partial charge in [-0.2, -0.15) is 4.31 Å². The summed E-state index contributed by atoms with van der Waals surface area (Å²) >= 11 is 6.90. The van der Waals surface area contributed by atoms with E-state index in [1.54, 1.807) is 6.07 Å². The minimum Gasteiger partial charge on any atom is -0.329 e. The number of nitrogens with two attached hydrogens (primary N) is 1. The Balaban J connectivity index is 2.14.